The Kier molecular flexibility index (Phi) is 5.60. The van der Waals surface area contributed by atoms with Crippen LogP contribution in [0.15, 0.2) is 33.6 Å². The minimum atomic E-state index is 0.577. The topological polar surface area (TPSA) is 12.0 Å². The molecule has 0 fully saturated rings. The molecule has 0 radical (unpaired) electrons. The molecule has 14 heavy (non-hydrogen) atoms. The lowest BCUT2D eigenvalue weighted by atomic mass is 10.4. The molecule has 1 N–H and O–H groups in total. The monoisotopic (exact) mass is 273 g/mol. The van der Waals surface area contributed by atoms with Crippen LogP contribution in [-0.2, 0) is 0 Å². The molecule has 78 valence electrons. The van der Waals surface area contributed by atoms with Gasteiger partial charge in [-0.3, -0.25) is 0 Å². The lowest BCUT2D eigenvalue weighted by Crippen LogP contribution is -2.27. The quantitative estimate of drug-likeness (QED) is 0.824. The standard InChI is InChI=1S/C11H16BrNS/c1-3-13-9(2)8-14-11-6-4-10(12)5-7-11/h4-7,9,13H,3,8H2,1-2H3. The molecule has 0 amide bonds. The summed E-state index contributed by atoms with van der Waals surface area (Å²) in [7, 11) is 0. The molecule has 3 heteroatoms. The summed E-state index contributed by atoms with van der Waals surface area (Å²) in [6, 6.07) is 9.04. The Morgan fingerprint density at radius 3 is 2.57 bits per heavy atom. The zero-order valence-corrected chi connectivity index (χ0v) is 11.0. The molecular formula is C11H16BrNS. The largest absolute Gasteiger partial charge is 0.314 e. The van der Waals surface area contributed by atoms with Crippen molar-refractivity contribution in [2.45, 2.75) is 24.8 Å². The molecule has 0 spiro atoms. The molecule has 0 aliphatic rings. The maximum Gasteiger partial charge on any atom is 0.0176 e. The van der Waals surface area contributed by atoms with E-state index in [4.69, 9.17) is 0 Å². The molecule has 0 heterocycles. The number of hydrogen-bond acceptors (Lipinski definition) is 2. The molecule has 1 aromatic rings. The van der Waals surface area contributed by atoms with Gasteiger partial charge < -0.3 is 5.32 Å². The Morgan fingerprint density at radius 1 is 1.36 bits per heavy atom. The van der Waals surface area contributed by atoms with Crippen molar-refractivity contribution in [2.24, 2.45) is 0 Å². The van der Waals surface area contributed by atoms with Gasteiger partial charge in [-0.25, -0.2) is 0 Å². The molecule has 1 nitrogen and oxygen atoms in total. The van der Waals surface area contributed by atoms with E-state index in [0.717, 1.165) is 16.8 Å². The predicted octanol–water partition coefficient (Wildman–Crippen LogP) is 3.54. The van der Waals surface area contributed by atoms with Crippen LogP contribution in [0, 0.1) is 0 Å². The predicted molar refractivity (Wildman–Crippen MR) is 68.0 cm³/mol. The van der Waals surface area contributed by atoms with E-state index >= 15 is 0 Å². The van der Waals surface area contributed by atoms with Crippen LogP contribution in [0.25, 0.3) is 0 Å². The van der Waals surface area contributed by atoms with Crippen LogP contribution in [-0.4, -0.2) is 18.3 Å². The molecule has 0 saturated heterocycles. The van der Waals surface area contributed by atoms with E-state index in [1.54, 1.807) is 0 Å². The summed E-state index contributed by atoms with van der Waals surface area (Å²) in [6.45, 7) is 5.40. The average molecular weight is 274 g/mol. The minimum Gasteiger partial charge on any atom is -0.314 e. The summed E-state index contributed by atoms with van der Waals surface area (Å²) in [5.41, 5.74) is 0. The fourth-order valence-electron chi connectivity index (χ4n) is 1.16. The minimum absolute atomic E-state index is 0.577. The number of hydrogen-bond donors (Lipinski definition) is 1. The Labute approximate surface area is 98.8 Å². The summed E-state index contributed by atoms with van der Waals surface area (Å²) in [6.07, 6.45) is 0. The summed E-state index contributed by atoms with van der Waals surface area (Å²) in [4.78, 5) is 1.33. The Morgan fingerprint density at radius 2 is 2.00 bits per heavy atom. The van der Waals surface area contributed by atoms with Gasteiger partial charge in [0, 0.05) is 21.2 Å². The summed E-state index contributed by atoms with van der Waals surface area (Å²) < 4.78 is 1.14. The smallest absolute Gasteiger partial charge is 0.0176 e. The van der Waals surface area contributed by atoms with Gasteiger partial charge in [0.1, 0.15) is 0 Å². The van der Waals surface area contributed by atoms with Gasteiger partial charge in [-0.1, -0.05) is 22.9 Å². The highest BCUT2D eigenvalue weighted by molar-refractivity contribution is 9.10. The van der Waals surface area contributed by atoms with Crippen LogP contribution in [0.2, 0.25) is 0 Å². The average Bonchev–Trinajstić information content (AvgIpc) is 2.17. The van der Waals surface area contributed by atoms with Crippen molar-refractivity contribution in [3.63, 3.8) is 0 Å². The van der Waals surface area contributed by atoms with E-state index in [9.17, 15) is 0 Å². The van der Waals surface area contributed by atoms with Gasteiger partial charge >= 0.3 is 0 Å². The number of benzene rings is 1. The van der Waals surface area contributed by atoms with Crippen molar-refractivity contribution in [1.29, 1.82) is 0 Å². The number of rotatable bonds is 5. The number of nitrogens with one attached hydrogen (secondary N) is 1. The highest BCUT2D eigenvalue weighted by atomic mass is 79.9. The second kappa shape index (κ2) is 6.49. The van der Waals surface area contributed by atoms with Crippen molar-refractivity contribution in [3.05, 3.63) is 28.7 Å². The number of halogens is 1. The van der Waals surface area contributed by atoms with E-state index in [2.05, 4.69) is 59.4 Å². The molecule has 1 atom stereocenters. The van der Waals surface area contributed by atoms with E-state index < -0.39 is 0 Å². The van der Waals surface area contributed by atoms with Crippen molar-refractivity contribution in [1.82, 2.24) is 5.32 Å². The van der Waals surface area contributed by atoms with Gasteiger partial charge in [0.25, 0.3) is 0 Å². The normalized spacial score (nSPS) is 12.8. The van der Waals surface area contributed by atoms with Crippen molar-refractivity contribution in [3.8, 4) is 0 Å². The fraction of sp³-hybridized carbons (Fsp3) is 0.455. The Bertz CT molecular complexity index is 260. The Balaban J connectivity index is 2.34. The van der Waals surface area contributed by atoms with Crippen molar-refractivity contribution < 1.29 is 0 Å². The van der Waals surface area contributed by atoms with Crippen LogP contribution < -0.4 is 5.32 Å². The van der Waals surface area contributed by atoms with Crippen LogP contribution in [0.1, 0.15) is 13.8 Å². The fourth-order valence-corrected chi connectivity index (χ4v) is 2.31. The van der Waals surface area contributed by atoms with Crippen LogP contribution in [0.5, 0.6) is 0 Å². The van der Waals surface area contributed by atoms with Crippen LogP contribution in [0.4, 0.5) is 0 Å². The van der Waals surface area contributed by atoms with E-state index in [1.165, 1.54) is 4.90 Å². The second-order valence-corrected chi connectivity index (χ2v) is 5.23. The third-order valence-electron chi connectivity index (χ3n) is 1.87. The first kappa shape index (κ1) is 12.1. The SMILES string of the molecule is CCNC(C)CSc1ccc(Br)cc1. The highest BCUT2D eigenvalue weighted by Crippen LogP contribution is 2.20. The molecule has 0 bridgehead atoms. The van der Waals surface area contributed by atoms with Gasteiger partial charge in [-0.05, 0) is 37.7 Å². The lowest BCUT2D eigenvalue weighted by Gasteiger charge is -2.11. The molecule has 1 unspecified atom stereocenters. The lowest BCUT2D eigenvalue weighted by molar-refractivity contribution is 0.620. The van der Waals surface area contributed by atoms with E-state index in [1.807, 2.05) is 11.8 Å². The van der Waals surface area contributed by atoms with Gasteiger partial charge in [0.2, 0.25) is 0 Å². The highest BCUT2D eigenvalue weighted by Gasteiger charge is 2.00. The Hall–Kier alpha value is 0.01000. The molecule has 1 rings (SSSR count). The maximum absolute atomic E-state index is 3.43. The summed E-state index contributed by atoms with van der Waals surface area (Å²) >= 11 is 5.32. The first-order chi connectivity index (χ1) is 6.72. The third-order valence-corrected chi connectivity index (χ3v) is 3.67. The van der Waals surface area contributed by atoms with Gasteiger partial charge in [-0.2, -0.15) is 0 Å². The van der Waals surface area contributed by atoms with Gasteiger partial charge in [-0.15, -0.1) is 11.8 Å². The van der Waals surface area contributed by atoms with E-state index in [-0.39, 0.29) is 0 Å². The van der Waals surface area contributed by atoms with Crippen molar-refractivity contribution >= 4 is 27.7 Å². The van der Waals surface area contributed by atoms with Crippen LogP contribution in [0.3, 0.4) is 0 Å². The van der Waals surface area contributed by atoms with Gasteiger partial charge in [0.05, 0.1) is 0 Å². The molecular weight excluding hydrogens is 258 g/mol. The maximum atomic E-state index is 3.43. The van der Waals surface area contributed by atoms with Gasteiger partial charge in [0.15, 0.2) is 0 Å². The second-order valence-electron chi connectivity index (χ2n) is 3.22. The van der Waals surface area contributed by atoms with Crippen LogP contribution >= 0.6 is 27.7 Å². The molecule has 0 aliphatic heterocycles. The first-order valence-electron chi connectivity index (χ1n) is 4.84. The number of thioether (sulfide) groups is 1. The molecule has 0 saturated carbocycles. The van der Waals surface area contributed by atoms with E-state index in [0.29, 0.717) is 6.04 Å². The van der Waals surface area contributed by atoms with Crippen molar-refractivity contribution in [2.75, 3.05) is 12.3 Å². The molecule has 1 aromatic carbocycles. The molecule has 0 aliphatic carbocycles. The zero-order chi connectivity index (χ0) is 10.4. The third kappa shape index (κ3) is 4.49. The summed E-state index contributed by atoms with van der Waals surface area (Å²) in [5.74, 6) is 1.12. The summed E-state index contributed by atoms with van der Waals surface area (Å²) in [5, 5.41) is 3.40. The molecule has 0 aromatic heterocycles. The first-order valence-corrected chi connectivity index (χ1v) is 6.62. The zero-order valence-electron chi connectivity index (χ0n) is 8.59.